The molecule has 2 heteroatoms. The fraction of sp³-hybridized carbons (Fsp3) is 1.00. The summed E-state index contributed by atoms with van der Waals surface area (Å²) in [6.07, 6.45) is 3.74. The fourth-order valence-corrected chi connectivity index (χ4v) is 3.21. The summed E-state index contributed by atoms with van der Waals surface area (Å²) in [7, 11) is 0. The molecule has 0 radical (unpaired) electrons. The first kappa shape index (κ1) is 16.0. The fourth-order valence-electron chi connectivity index (χ4n) is 3.21. The SMILES string of the molecule is CCC(CC)N1CC(C)(CC)NCC1C(C)(C)C. The average Bonchev–Trinajstić information content (AvgIpc) is 2.29. The predicted octanol–water partition coefficient (Wildman–Crippen LogP) is 3.66. The molecule has 0 amide bonds. The van der Waals surface area contributed by atoms with E-state index in [0.29, 0.717) is 17.0 Å². The lowest BCUT2D eigenvalue weighted by Crippen LogP contribution is -2.67. The van der Waals surface area contributed by atoms with Crippen LogP contribution in [-0.4, -0.2) is 35.6 Å². The number of nitrogens with one attached hydrogen (secondary N) is 1. The highest BCUT2D eigenvalue weighted by Crippen LogP contribution is 2.32. The Morgan fingerprint density at radius 2 is 1.78 bits per heavy atom. The molecule has 2 nitrogen and oxygen atoms in total. The van der Waals surface area contributed by atoms with Crippen LogP contribution in [0.3, 0.4) is 0 Å². The van der Waals surface area contributed by atoms with E-state index in [1.54, 1.807) is 0 Å². The summed E-state index contributed by atoms with van der Waals surface area (Å²) in [4.78, 5) is 2.79. The summed E-state index contributed by atoms with van der Waals surface area (Å²) in [5.74, 6) is 0. The van der Waals surface area contributed by atoms with E-state index in [1.807, 2.05) is 0 Å². The second kappa shape index (κ2) is 5.92. The number of rotatable bonds is 4. The maximum Gasteiger partial charge on any atom is 0.0278 e. The van der Waals surface area contributed by atoms with Crippen LogP contribution in [-0.2, 0) is 0 Å². The monoisotopic (exact) mass is 254 g/mol. The molecule has 0 aromatic carbocycles. The Morgan fingerprint density at radius 3 is 2.17 bits per heavy atom. The maximum absolute atomic E-state index is 3.79. The van der Waals surface area contributed by atoms with Crippen molar-refractivity contribution in [2.75, 3.05) is 13.1 Å². The van der Waals surface area contributed by atoms with E-state index >= 15 is 0 Å². The second-order valence-electron chi connectivity index (χ2n) is 7.32. The van der Waals surface area contributed by atoms with Crippen molar-refractivity contribution in [3.8, 4) is 0 Å². The van der Waals surface area contributed by atoms with Gasteiger partial charge in [0.15, 0.2) is 0 Å². The van der Waals surface area contributed by atoms with Gasteiger partial charge in [0.05, 0.1) is 0 Å². The van der Waals surface area contributed by atoms with Gasteiger partial charge in [-0.05, 0) is 31.6 Å². The van der Waals surface area contributed by atoms with Gasteiger partial charge in [-0.2, -0.15) is 0 Å². The van der Waals surface area contributed by atoms with Crippen LogP contribution in [0.15, 0.2) is 0 Å². The highest BCUT2D eigenvalue weighted by atomic mass is 15.3. The van der Waals surface area contributed by atoms with Gasteiger partial charge in [0.2, 0.25) is 0 Å². The van der Waals surface area contributed by atoms with Gasteiger partial charge in [-0.3, -0.25) is 4.90 Å². The summed E-state index contributed by atoms with van der Waals surface area (Å²) in [5, 5.41) is 3.79. The van der Waals surface area contributed by atoms with E-state index in [0.717, 1.165) is 12.6 Å². The van der Waals surface area contributed by atoms with Gasteiger partial charge in [-0.1, -0.05) is 41.5 Å². The first-order chi connectivity index (χ1) is 8.27. The van der Waals surface area contributed by atoms with Gasteiger partial charge in [0.25, 0.3) is 0 Å². The number of hydrogen-bond acceptors (Lipinski definition) is 2. The Hall–Kier alpha value is -0.0800. The molecule has 1 N–H and O–H groups in total. The lowest BCUT2D eigenvalue weighted by atomic mass is 9.80. The Morgan fingerprint density at radius 1 is 1.22 bits per heavy atom. The van der Waals surface area contributed by atoms with E-state index in [-0.39, 0.29) is 0 Å². The highest BCUT2D eigenvalue weighted by molar-refractivity contribution is 4.99. The van der Waals surface area contributed by atoms with Crippen molar-refractivity contribution in [3.63, 3.8) is 0 Å². The zero-order valence-electron chi connectivity index (χ0n) is 13.6. The standard InChI is InChI=1S/C16H34N2/c1-8-13(9-2)18-12-16(7,10-3)17-11-14(18)15(4,5)6/h13-14,17H,8-12H2,1-7H3. The molecular weight excluding hydrogens is 220 g/mol. The maximum atomic E-state index is 3.79. The van der Waals surface area contributed by atoms with Crippen LogP contribution in [0.5, 0.6) is 0 Å². The Labute approximate surface area is 115 Å². The van der Waals surface area contributed by atoms with E-state index < -0.39 is 0 Å². The van der Waals surface area contributed by atoms with Crippen LogP contribution in [0.4, 0.5) is 0 Å². The molecule has 1 saturated heterocycles. The van der Waals surface area contributed by atoms with Gasteiger partial charge in [0, 0.05) is 30.7 Å². The normalized spacial score (nSPS) is 31.0. The van der Waals surface area contributed by atoms with E-state index in [2.05, 4.69) is 58.7 Å². The molecule has 2 unspecified atom stereocenters. The Kier molecular flexibility index (Phi) is 5.25. The third-order valence-corrected chi connectivity index (χ3v) is 4.85. The van der Waals surface area contributed by atoms with Crippen molar-refractivity contribution >= 4 is 0 Å². The van der Waals surface area contributed by atoms with Crippen LogP contribution in [0, 0.1) is 5.41 Å². The van der Waals surface area contributed by atoms with Gasteiger partial charge >= 0.3 is 0 Å². The molecule has 0 saturated carbocycles. The van der Waals surface area contributed by atoms with E-state index in [1.165, 1.54) is 25.8 Å². The Balaban J connectivity index is 2.93. The molecule has 1 heterocycles. The lowest BCUT2D eigenvalue weighted by molar-refractivity contribution is -0.00714. The molecular formula is C16H34N2. The second-order valence-corrected chi connectivity index (χ2v) is 7.32. The molecule has 0 aliphatic carbocycles. The lowest BCUT2D eigenvalue weighted by Gasteiger charge is -2.53. The minimum Gasteiger partial charge on any atom is -0.309 e. The van der Waals surface area contributed by atoms with Gasteiger partial charge < -0.3 is 5.32 Å². The first-order valence-corrected chi connectivity index (χ1v) is 7.78. The molecule has 1 aliphatic heterocycles. The minimum atomic E-state index is 0.296. The van der Waals surface area contributed by atoms with Gasteiger partial charge in [-0.25, -0.2) is 0 Å². The van der Waals surface area contributed by atoms with E-state index in [9.17, 15) is 0 Å². The van der Waals surface area contributed by atoms with Crippen molar-refractivity contribution in [1.82, 2.24) is 10.2 Å². The zero-order chi connectivity index (χ0) is 14.0. The zero-order valence-corrected chi connectivity index (χ0v) is 13.6. The smallest absolute Gasteiger partial charge is 0.0278 e. The summed E-state index contributed by atoms with van der Waals surface area (Å²) in [6.45, 7) is 18.8. The number of hydrogen-bond donors (Lipinski definition) is 1. The molecule has 18 heavy (non-hydrogen) atoms. The van der Waals surface area contributed by atoms with Crippen LogP contribution >= 0.6 is 0 Å². The van der Waals surface area contributed by atoms with Crippen molar-refractivity contribution < 1.29 is 0 Å². The molecule has 0 aromatic rings. The molecule has 1 fully saturated rings. The van der Waals surface area contributed by atoms with Crippen molar-refractivity contribution in [1.29, 1.82) is 0 Å². The molecule has 0 spiro atoms. The van der Waals surface area contributed by atoms with Crippen LogP contribution < -0.4 is 5.32 Å². The van der Waals surface area contributed by atoms with Gasteiger partial charge in [0.1, 0.15) is 0 Å². The average molecular weight is 254 g/mol. The van der Waals surface area contributed by atoms with Crippen molar-refractivity contribution in [2.45, 2.75) is 85.4 Å². The molecule has 1 aliphatic rings. The summed E-state index contributed by atoms with van der Waals surface area (Å²) < 4.78 is 0. The molecule has 1 rings (SSSR count). The quantitative estimate of drug-likeness (QED) is 0.823. The van der Waals surface area contributed by atoms with Gasteiger partial charge in [-0.15, -0.1) is 0 Å². The number of piperazine rings is 1. The van der Waals surface area contributed by atoms with Crippen molar-refractivity contribution in [3.05, 3.63) is 0 Å². The van der Waals surface area contributed by atoms with Crippen LogP contribution in [0.1, 0.15) is 67.7 Å². The van der Waals surface area contributed by atoms with Crippen LogP contribution in [0.2, 0.25) is 0 Å². The minimum absolute atomic E-state index is 0.296. The van der Waals surface area contributed by atoms with Crippen LogP contribution in [0.25, 0.3) is 0 Å². The highest BCUT2D eigenvalue weighted by Gasteiger charge is 2.41. The topological polar surface area (TPSA) is 15.3 Å². The van der Waals surface area contributed by atoms with Crippen molar-refractivity contribution in [2.24, 2.45) is 5.41 Å². The molecule has 0 bridgehead atoms. The van der Waals surface area contributed by atoms with E-state index in [4.69, 9.17) is 0 Å². The molecule has 108 valence electrons. The largest absolute Gasteiger partial charge is 0.309 e. The Bertz CT molecular complexity index is 252. The molecule has 2 atom stereocenters. The number of nitrogens with zero attached hydrogens (tertiary/aromatic N) is 1. The summed E-state index contributed by atoms with van der Waals surface area (Å²) in [6, 6.07) is 1.39. The summed E-state index contributed by atoms with van der Waals surface area (Å²) in [5.41, 5.74) is 0.648. The first-order valence-electron chi connectivity index (χ1n) is 7.78. The third kappa shape index (κ3) is 3.48. The molecule has 0 aromatic heterocycles. The third-order valence-electron chi connectivity index (χ3n) is 4.85. The predicted molar refractivity (Wildman–Crippen MR) is 81.0 cm³/mol. The summed E-state index contributed by atoms with van der Waals surface area (Å²) >= 11 is 0.